The molecule has 8 nitrogen and oxygen atoms in total. The molecule has 0 spiro atoms. The molecule has 0 N–H and O–H groups in total. The number of hydrogen-bond donors (Lipinski definition) is 0. The van der Waals surface area contributed by atoms with Crippen LogP contribution in [0.2, 0.25) is 0 Å². The van der Waals surface area contributed by atoms with Crippen LogP contribution in [0, 0.1) is 13.8 Å². The van der Waals surface area contributed by atoms with Gasteiger partial charge in [-0.2, -0.15) is 5.10 Å². The third-order valence-corrected chi connectivity index (χ3v) is 4.84. The molecule has 0 aliphatic carbocycles. The normalized spacial score (nSPS) is 18.4. The zero-order valence-electron chi connectivity index (χ0n) is 14.7. The van der Waals surface area contributed by atoms with E-state index in [0.717, 1.165) is 47.8 Å². The first-order valence-electron chi connectivity index (χ1n) is 8.25. The molecule has 0 unspecified atom stereocenters. The molecule has 2 aromatic rings. The lowest BCUT2D eigenvalue weighted by Gasteiger charge is -2.25. The minimum absolute atomic E-state index is 0.258. The van der Waals surface area contributed by atoms with E-state index in [1.54, 1.807) is 17.7 Å². The highest BCUT2D eigenvalue weighted by Crippen LogP contribution is 2.21. The second-order valence-electron chi connectivity index (χ2n) is 6.53. The molecule has 0 aromatic carbocycles. The molecule has 2 aromatic heterocycles. The van der Waals surface area contributed by atoms with Crippen LogP contribution in [0.1, 0.15) is 30.2 Å². The second kappa shape index (κ2) is 6.35. The van der Waals surface area contributed by atoms with Crippen LogP contribution in [0.25, 0.3) is 0 Å². The Morgan fingerprint density at radius 3 is 2.62 bits per heavy atom. The smallest absolute Gasteiger partial charge is 0.299 e. The highest BCUT2D eigenvalue weighted by atomic mass is 16.2. The Morgan fingerprint density at radius 2 is 1.96 bits per heavy atom. The Hall–Kier alpha value is -2.22. The maximum absolute atomic E-state index is 12.1. The van der Waals surface area contributed by atoms with Crippen molar-refractivity contribution in [3.8, 4) is 0 Å². The molecule has 24 heavy (non-hydrogen) atoms. The summed E-state index contributed by atoms with van der Waals surface area (Å²) in [5.74, 6) is 1.70. The lowest BCUT2D eigenvalue weighted by atomic mass is 10.2. The lowest BCUT2D eigenvalue weighted by molar-refractivity contribution is 0.212. The van der Waals surface area contributed by atoms with E-state index < -0.39 is 0 Å². The molecule has 0 amide bonds. The van der Waals surface area contributed by atoms with Gasteiger partial charge in [-0.05, 0) is 33.2 Å². The molecule has 130 valence electrons. The molecule has 3 heterocycles. The summed E-state index contributed by atoms with van der Waals surface area (Å²) in [6, 6.07) is 1.89. The van der Waals surface area contributed by atoms with Crippen LogP contribution in [0.15, 0.2) is 15.7 Å². The van der Waals surface area contributed by atoms with E-state index in [1.165, 1.54) is 7.05 Å². The second-order valence-corrected chi connectivity index (χ2v) is 6.53. The van der Waals surface area contributed by atoms with Crippen LogP contribution < -0.4 is 11.2 Å². The molecule has 1 fully saturated rings. The van der Waals surface area contributed by atoms with Crippen molar-refractivity contribution in [3.63, 3.8) is 0 Å². The zero-order valence-corrected chi connectivity index (χ0v) is 14.7. The molecule has 1 aliphatic rings. The minimum atomic E-state index is -0.281. The summed E-state index contributed by atoms with van der Waals surface area (Å²) in [5.41, 5.74) is 0.212. The Labute approximate surface area is 140 Å². The van der Waals surface area contributed by atoms with E-state index in [2.05, 4.69) is 15.0 Å². The largest absolute Gasteiger partial charge is 0.330 e. The molecule has 0 saturated carbocycles. The van der Waals surface area contributed by atoms with Gasteiger partial charge < -0.3 is 0 Å². The summed E-state index contributed by atoms with van der Waals surface area (Å²) in [5, 5.41) is 4.44. The topological polar surface area (TPSA) is 78.0 Å². The highest BCUT2D eigenvalue weighted by molar-refractivity contribution is 5.03. The van der Waals surface area contributed by atoms with Crippen LogP contribution >= 0.6 is 0 Å². The van der Waals surface area contributed by atoms with Gasteiger partial charge in [-0.25, -0.2) is 14.5 Å². The first-order valence-corrected chi connectivity index (χ1v) is 8.25. The maximum atomic E-state index is 12.1. The average Bonchev–Trinajstić information content (AvgIpc) is 3.09. The van der Waals surface area contributed by atoms with Gasteiger partial charge in [0.1, 0.15) is 11.6 Å². The number of aromatic nitrogens is 5. The van der Waals surface area contributed by atoms with Gasteiger partial charge in [0, 0.05) is 38.4 Å². The number of aryl methyl sites for hydroxylation is 2. The van der Waals surface area contributed by atoms with Gasteiger partial charge in [0.15, 0.2) is 0 Å². The predicted octanol–water partition coefficient (Wildman–Crippen LogP) is -0.0431. The molecule has 0 bridgehead atoms. The Balaban J connectivity index is 1.81. The van der Waals surface area contributed by atoms with E-state index in [-0.39, 0.29) is 11.2 Å². The number of hydrogen-bond acceptors (Lipinski definition) is 5. The van der Waals surface area contributed by atoms with Crippen LogP contribution in [0.3, 0.4) is 0 Å². The summed E-state index contributed by atoms with van der Waals surface area (Å²) < 4.78 is 4.63. The van der Waals surface area contributed by atoms with Gasteiger partial charge in [-0.15, -0.1) is 0 Å². The molecule has 8 heteroatoms. The summed E-state index contributed by atoms with van der Waals surface area (Å²) >= 11 is 0. The van der Waals surface area contributed by atoms with Crippen molar-refractivity contribution >= 4 is 0 Å². The van der Waals surface area contributed by atoms with E-state index in [9.17, 15) is 9.59 Å². The van der Waals surface area contributed by atoms with Crippen molar-refractivity contribution in [2.45, 2.75) is 45.8 Å². The maximum Gasteiger partial charge on any atom is 0.330 e. The molecule has 1 atom stereocenters. The molecule has 3 rings (SSSR count). The molecule has 1 aliphatic heterocycles. The fourth-order valence-corrected chi connectivity index (χ4v) is 3.38. The van der Waals surface area contributed by atoms with Crippen molar-refractivity contribution in [3.05, 3.63) is 44.2 Å². The Bertz CT molecular complexity index is 862. The van der Waals surface area contributed by atoms with Crippen molar-refractivity contribution in [2.24, 2.45) is 14.1 Å². The predicted molar refractivity (Wildman–Crippen MR) is 89.9 cm³/mol. The van der Waals surface area contributed by atoms with Gasteiger partial charge >= 0.3 is 5.69 Å². The van der Waals surface area contributed by atoms with Crippen LogP contribution in [-0.4, -0.2) is 41.4 Å². The molecular formula is C16H24N6O2. The lowest BCUT2D eigenvalue weighted by Crippen LogP contribution is -2.40. The van der Waals surface area contributed by atoms with E-state index in [1.807, 2.05) is 18.5 Å². The summed E-state index contributed by atoms with van der Waals surface area (Å²) in [6.45, 7) is 6.20. The third-order valence-electron chi connectivity index (χ3n) is 4.84. The number of nitrogens with zero attached hydrogens (tertiary/aromatic N) is 6. The van der Waals surface area contributed by atoms with Crippen molar-refractivity contribution in [2.75, 3.05) is 6.54 Å². The molecule has 1 saturated heterocycles. The minimum Gasteiger partial charge on any atom is -0.299 e. The van der Waals surface area contributed by atoms with Gasteiger partial charge in [0.05, 0.1) is 6.54 Å². The average molecular weight is 332 g/mol. The van der Waals surface area contributed by atoms with Crippen molar-refractivity contribution in [1.82, 2.24) is 28.8 Å². The third kappa shape index (κ3) is 3.06. The number of likely N-dealkylation sites (tertiary alicyclic amines) is 1. The summed E-state index contributed by atoms with van der Waals surface area (Å²) in [4.78, 5) is 30.7. The van der Waals surface area contributed by atoms with Crippen LogP contribution in [-0.2, 0) is 27.2 Å². The van der Waals surface area contributed by atoms with Gasteiger partial charge in [-0.3, -0.25) is 18.8 Å². The monoisotopic (exact) mass is 332 g/mol. The van der Waals surface area contributed by atoms with Gasteiger partial charge in [-0.1, -0.05) is 0 Å². The molecule has 0 radical (unpaired) electrons. The quantitative estimate of drug-likeness (QED) is 0.785. The Morgan fingerprint density at radius 1 is 1.21 bits per heavy atom. The highest BCUT2D eigenvalue weighted by Gasteiger charge is 2.26. The Kier molecular flexibility index (Phi) is 4.40. The zero-order chi connectivity index (χ0) is 17.4. The van der Waals surface area contributed by atoms with Gasteiger partial charge in [0.2, 0.25) is 0 Å². The fraction of sp³-hybridized carbons (Fsp3) is 0.625. The first kappa shape index (κ1) is 16.6. The molecular weight excluding hydrogens is 308 g/mol. The van der Waals surface area contributed by atoms with E-state index in [4.69, 9.17) is 0 Å². The summed E-state index contributed by atoms with van der Waals surface area (Å²) in [6.07, 6.45) is 2.19. The van der Waals surface area contributed by atoms with Gasteiger partial charge in [0.25, 0.3) is 5.56 Å². The number of rotatable bonds is 4. The SMILES string of the molecule is Cc1nc(C)n(C[C@@H]2CCCN2Cc2cc(=O)n(C)c(=O)n2C)n1. The van der Waals surface area contributed by atoms with Crippen LogP contribution in [0.4, 0.5) is 0 Å². The van der Waals surface area contributed by atoms with Crippen molar-refractivity contribution in [1.29, 1.82) is 0 Å². The van der Waals surface area contributed by atoms with E-state index in [0.29, 0.717) is 12.6 Å². The summed E-state index contributed by atoms with van der Waals surface area (Å²) in [7, 11) is 3.22. The van der Waals surface area contributed by atoms with E-state index >= 15 is 0 Å². The fourth-order valence-electron chi connectivity index (χ4n) is 3.38. The van der Waals surface area contributed by atoms with Crippen LogP contribution in [0.5, 0.6) is 0 Å². The first-order chi connectivity index (χ1) is 11.4. The standard InChI is InChI=1S/C16H24N6O2/c1-11-17-12(2)22(18-11)10-13-6-5-7-21(13)9-14-8-15(23)20(4)16(24)19(14)3/h8,13H,5-7,9-10H2,1-4H3/t13-/m0/s1. The van der Waals surface area contributed by atoms with Crippen molar-refractivity contribution < 1.29 is 0 Å².